The molecule has 2 heterocycles. The van der Waals surface area contributed by atoms with Crippen LogP contribution in [0.4, 0.5) is 11.4 Å². The fraction of sp³-hybridized carbons (Fsp3) is 0.571. The molecule has 0 aliphatic carbocycles. The van der Waals surface area contributed by atoms with Crippen molar-refractivity contribution in [2.45, 2.75) is 90.9 Å². The topological polar surface area (TPSA) is 24.1 Å². The van der Waals surface area contributed by atoms with Crippen LogP contribution in [0.5, 0.6) is 0 Å². The van der Waals surface area contributed by atoms with Gasteiger partial charge in [0.15, 0.2) is 0 Å². The van der Waals surface area contributed by atoms with E-state index in [9.17, 15) is 0 Å². The molecule has 4 rings (SSSR count). The van der Waals surface area contributed by atoms with Crippen LogP contribution in [-0.2, 0) is 12.8 Å². The third-order valence-electron chi connectivity index (χ3n) is 6.43. The van der Waals surface area contributed by atoms with Gasteiger partial charge in [0, 0.05) is 24.5 Å². The van der Waals surface area contributed by atoms with Crippen LogP contribution >= 0.6 is 15.8 Å². The Balaban J connectivity index is 0.000000181. The van der Waals surface area contributed by atoms with Crippen molar-refractivity contribution in [1.29, 1.82) is 0 Å². The van der Waals surface area contributed by atoms with Crippen LogP contribution in [0.2, 0.25) is 0 Å². The van der Waals surface area contributed by atoms with E-state index in [1.54, 1.807) is 10.6 Å². The molecule has 2 aliphatic rings. The van der Waals surface area contributed by atoms with E-state index < -0.39 is 0 Å². The van der Waals surface area contributed by atoms with Crippen molar-refractivity contribution >= 4 is 37.8 Å². The maximum absolute atomic E-state index is 3.58. The minimum atomic E-state index is -0.0391. The number of benzene rings is 2. The molecule has 0 bridgehead atoms. The number of anilines is 2. The number of hydrogen-bond donors (Lipinski definition) is 2. The standard InChI is InChI=1S/2C14H22NP/c2*1-10(2)16(11(3)4)13-7-5-6-12-8-9-15-14(12)13/h2*5-7,10-11,15H,8-9H2,1-4H3. The number of fused-ring (bicyclic) bond motifs is 2. The van der Waals surface area contributed by atoms with Crippen molar-refractivity contribution in [1.82, 2.24) is 0 Å². The minimum absolute atomic E-state index is 0.0391. The summed E-state index contributed by atoms with van der Waals surface area (Å²) in [5.41, 5.74) is 9.02. The van der Waals surface area contributed by atoms with E-state index in [1.807, 2.05) is 0 Å². The van der Waals surface area contributed by atoms with Crippen molar-refractivity contribution in [2.75, 3.05) is 23.7 Å². The molecular formula is C28H44N2P2. The highest BCUT2D eigenvalue weighted by Crippen LogP contribution is 2.48. The summed E-state index contributed by atoms with van der Waals surface area (Å²) in [4.78, 5) is 0. The number of hydrogen-bond acceptors (Lipinski definition) is 2. The average Bonchev–Trinajstić information content (AvgIpc) is 3.37. The smallest absolute Gasteiger partial charge is 0.0451 e. The summed E-state index contributed by atoms with van der Waals surface area (Å²) in [5, 5.41) is 10.3. The summed E-state index contributed by atoms with van der Waals surface area (Å²) < 4.78 is 0. The SMILES string of the molecule is CC(C)P(c1cccc2c1NCC2)C(C)C.CC(C)P(c1cccc2c1NCC2)C(C)C. The van der Waals surface area contributed by atoms with Gasteiger partial charge in [0.05, 0.1) is 0 Å². The first kappa shape index (κ1) is 25.5. The monoisotopic (exact) mass is 470 g/mol. The summed E-state index contributed by atoms with van der Waals surface area (Å²) >= 11 is 0. The number of rotatable bonds is 6. The Bertz CT molecular complexity index is 799. The van der Waals surface area contributed by atoms with Gasteiger partial charge in [0.2, 0.25) is 0 Å². The summed E-state index contributed by atoms with van der Waals surface area (Å²) in [5.74, 6) is 0. The normalized spacial score (nSPS) is 14.7. The van der Waals surface area contributed by atoms with Crippen molar-refractivity contribution in [2.24, 2.45) is 0 Å². The molecule has 2 N–H and O–H groups in total. The molecule has 0 saturated carbocycles. The van der Waals surface area contributed by atoms with Gasteiger partial charge in [-0.15, -0.1) is 0 Å². The zero-order chi connectivity index (χ0) is 23.4. The van der Waals surface area contributed by atoms with E-state index >= 15 is 0 Å². The Hall–Kier alpha value is -1.10. The molecule has 0 spiro atoms. The first-order valence-corrected chi connectivity index (χ1v) is 15.5. The fourth-order valence-corrected chi connectivity index (χ4v) is 11.5. The molecule has 2 aromatic carbocycles. The van der Waals surface area contributed by atoms with Gasteiger partial charge < -0.3 is 10.6 Å². The molecule has 2 aliphatic heterocycles. The highest BCUT2D eigenvalue weighted by molar-refractivity contribution is 7.67. The second-order valence-electron chi connectivity index (χ2n) is 10.2. The van der Waals surface area contributed by atoms with Crippen LogP contribution in [-0.4, -0.2) is 35.7 Å². The number of nitrogens with one attached hydrogen (secondary N) is 2. The predicted molar refractivity (Wildman–Crippen MR) is 151 cm³/mol. The Labute approximate surface area is 199 Å². The van der Waals surface area contributed by atoms with E-state index in [4.69, 9.17) is 0 Å². The van der Waals surface area contributed by atoms with Gasteiger partial charge in [-0.05, 0) is 57.2 Å². The van der Waals surface area contributed by atoms with Gasteiger partial charge in [-0.1, -0.05) is 108 Å². The lowest BCUT2D eigenvalue weighted by atomic mass is 10.2. The van der Waals surface area contributed by atoms with Gasteiger partial charge in [0.1, 0.15) is 0 Å². The summed E-state index contributed by atoms with van der Waals surface area (Å²) in [6, 6.07) is 13.7. The first-order chi connectivity index (χ1) is 15.2. The lowest BCUT2D eigenvalue weighted by Crippen LogP contribution is -2.17. The van der Waals surface area contributed by atoms with Crippen molar-refractivity contribution in [3.63, 3.8) is 0 Å². The van der Waals surface area contributed by atoms with Crippen molar-refractivity contribution in [3.8, 4) is 0 Å². The Kier molecular flexibility index (Phi) is 9.05. The lowest BCUT2D eigenvalue weighted by molar-refractivity contribution is 1.02. The van der Waals surface area contributed by atoms with E-state index in [1.165, 1.54) is 35.3 Å². The molecule has 0 aromatic heterocycles. The van der Waals surface area contributed by atoms with Crippen LogP contribution in [0.15, 0.2) is 36.4 Å². The molecule has 2 nitrogen and oxygen atoms in total. The second-order valence-corrected chi connectivity index (χ2v) is 16.9. The van der Waals surface area contributed by atoms with Crippen molar-refractivity contribution < 1.29 is 0 Å². The van der Waals surface area contributed by atoms with Crippen LogP contribution in [0.25, 0.3) is 0 Å². The zero-order valence-corrected chi connectivity index (χ0v) is 23.3. The predicted octanol–water partition coefficient (Wildman–Crippen LogP) is 7.16. The lowest BCUT2D eigenvalue weighted by Gasteiger charge is -2.28. The maximum atomic E-state index is 3.58. The third kappa shape index (κ3) is 5.69. The molecule has 32 heavy (non-hydrogen) atoms. The van der Waals surface area contributed by atoms with Crippen LogP contribution in [0, 0.1) is 0 Å². The molecule has 2 aromatic rings. The Morgan fingerprint density at radius 3 is 1.22 bits per heavy atom. The van der Waals surface area contributed by atoms with Gasteiger partial charge in [-0.3, -0.25) is 0 Å². The molecule has 0 saturated heterocycles. The van der Waals surface area contributed by atoms with Gasteiger partial charge >= 0.3 is 0 Å². The van der Waals surface area contributed by atoms with Crippen molar-refractivity contribution in [3.05, 3.63) is 47.5 Å². The van der Waals surface area contributed by atoms with E-state index in [2.05, 4.69) is 102 Å². The fourth-order valence-electron chi connectivity index (χ4n) is 5.38. The van der Waals surface area contributed by atoms with Crippen LogP contribution in [0.3, 0.4) is 0 Å². The van der Waals surface area contributed by atoms with E-state index in [0.29, 0.717) is 0 Å². The Morgan fingerprint density at radius 1 is 0.562 bits per heavy atom. The number of para-hydroxylation sites is 2. The molecular weight excluding hydrogens is 426 g/mol. The van der Waals surface area contributed by atoms with E-state index in [-0.39, 0.29) is 15.8 Å². The molecule has 0 fully saturated rings. The maximum Gasteiger partial charge on any atom is 0.0451 e. The van der Waals surface area contributed by atoms with E-state index in [0.717, 1.165) is 35.7 Å². The van der Waals surface area contributed by atoms with Gasteiger partial charge in [-0.2, -0.15) is 0 Å². The first-order valence-electron chi connectivity index (χ1n) is 12.5. The molecule has 0 unspecified atom stereocenters. The minimum Gasteiger partial charge on any atom is -0.384 e. The van der Waals surface area contributed by atoms with Gasteiger partial charge in [0.25, 0.3) is 0 Å². The summed E-state index contributed by atoms with van der Waals surface area (Å²) in [6.45, 7) is 21.1. The molecule has 0 radical (unpaired) electrons. The second kappa shape index (κ2) is 11.4. The Morgan fingerprint density at radius 2 is 0.906 bits per heavy atom. The van der Waals surface area contributed by atoms with Gasteiger partial charge in [-0.25, -0.2) is 0 Å². The average molecular weight is 471 g/mol. The summed E-state index contributed by atoms with van der Waals surface area (Å²) in [7, 11) is -0.0782. The molecule has 4 heteroatoms. The molecule has 0 amide bonds. The van der Waals surface area contributed by atoms with Crippen LogP contribution < -0.4 is 21.2 Å². The zero-order valence-electron chi connectivity index (χ0n) is 21.5. The third-order valence-corrected chi connectivity index (χ3v) is 12.7. The highest BCUT2D eigenvalue weighted by Gasteiger charge is 2.25. The quantitative estimate of drug-likeness (QED) is 0.438. The molecule has 0 atom stereocenters. The molecule has 176 valence electrons. The largest absolute Gasteiger partial charge is 0.384 e. The van der Waals surface area contributed by atoms with Crippen LogP contribution in [0.1, 0.15) is 66.5 Å². The summed E-state index contributed by atoms with van der Waals surface area (Å²) in [6.07, 6.45) is 2.39. The highest BCUT2D eigenvalue weighted by atomic mass is 31.1.